The number of aromatic nitrogens is 1. The van der Waals surface area contributed by atoms with Gasteiger partial charge in [-0.2, -0.15) is 10.5 Å². The van der Waals surface area contributed by atoms with Crippen LogP contribution in [0.4, 0.5) is 10.8 Å². The second-order valence-corrected chi connectivity index (χ2v) is 11.6. The summed E-state index contributed by atoms with van der Waals surface area (Å²) in [6.45, 7) is 6.16. The van der Waals surface area contributed by atoms with Crippen molar-refractivity contribution in [2.45, 2.75) is 51.5 Å². The summed E-state index contributed by atoms with van der Waals surface area (Å²) in [5.74, 6) is 0.227. The number of rotatable bonds is 8. The molecule has 0 fully saturated rings. The number of thiophene rings is 1. The molecule has 8 nitrogen and oxygen atoms in total. The summed E-state index contributed by atoms with van der Waals surface area (Å²) in [7, 11) is 0. The van der Waals surface area contributed by atoms with Gasteiger partial charge in [0.15, 0.2) is 0 Å². The maximum Gasteiger partial charge on any atom is 0.341 e. The number of esters is 1. The SMILES string of the molecule is CCOC(=O)c1c(NC(=O)CCSc2nc(N)c(C#N)c(-c3ccc(C)cc3)c2C#N)sc2c1CCC(C)C2. The highest BCUT2D eigenvalue weighted by molar-refractivity contribution is 7.99. The van der Waals surface area contributed by atoms with E-state index in [0.29, 0.717) is 38.4 Å². The zero-order valence-electron chi connectivity index (χ0n) is 22.1. The van der Waals surface area contributed by atoms with Gasteiger partial charge in [0.1, 0.15) is 33.5 Å². The summed E-state index contributed by atoms with van der Waals surface area (Å²) in [6, 6.07) is 11.7. The Bertz CT molecular complexity index is 1500. The van der Waals surface area contributed by atoms with Gasteiger partial charge in [-0.05, 0) is 50.2 Å². The third-order valence-electron chi connectivity index (χ3n) is 6.57. The third kappa shape index (κ3) is 6.08. The predicted molar refractivity (Wildman–Crippen MR) is 154 cm³/mol. The molecule has 0 saturated carbocycles. The van der Waals surface area contributed by atoms with Crippen molar-refractivity contribution in [1.29, 1.82) is 10.5 Å². The van der Waals surface area contributed by atoms with Gasteiger partial charge in [0.2, 0.25) is 5.91 Å². The zero-order chi connectivity index (χ0) is 28.1. The maximum absolute atomic E-state index is 12.9. The van der Waals surface area contributed by atoms with Crippen molar-refractivity contribution >= 4 is 45.8 Å². The molecule has 0 aliphatic heterocycles. The van der Waals surface area contributed by atoms with E-state index in [1.807, 2.05) is 31.2 Å². The fourth-order valence-electron chi connectivity index (χ4n) is 4.60. The summed E-state index contributed by atoms with van der Waals surface area (Å²) in [5, 5.41) is 23.5. The van der Waals surface area contributed by atoms with Crippen LogP contribution in [0, 0.1) is 35.5 Å². The van der Waals surface area contributed by atoms with E-state index in [2.05, 4.69) is 29.4 Å². The third-order valence-corrected chi connectivity index (χ3v) is 8.71. The fourth-order valence-corrected chi connectivity index (χ4v) is 6.95. The van der Waals surface area contributed by atoms with Gasteiger partial charge in [-0.1, -0.05) is 36.8 Å². The van der Waals surface area contributed by atoms with Crippen LogP contribution < -0.4 is 11.1 Å². The van der Waals surface area contributed by atoms with Gasteiger partial charge in [0.05, 0.1) is 17.7 Å². The molecular weight excluding hydrogens is 530 g/mol. The van der Waals surface area contributed by atoms with Crippen molar-refractivity contribution in [1.82, 2.24) is 4.98 Å². The lowest BCUT2D eigenvalue weighted by Crippen LogP contribution is -2.17. The van der Waals surface area contributed by atoms with Crippen molar-refractivity contribution in [3.8, 4) is 23.3 Å². The van der Waals surface area contributed by atoms with E-state index in [4.69, 9.17) is 10.5 Å². The Morgan fingerprint density at radius 3 is 2.62 bits per heavy atom. The van der Waals surface area contributed by atoms with E-state index < -0.39 is 5.97 Å². The summed E-state index contributed by atoms with van der Waals surface area (Å²) in [5.41, 5.74) is 10.2. The maximum atomic E-state index is 12.9. The highest BCUT2D eigenvalue weighted by Crippen LogP contribution is 2.40. The number of nitrogens with one attached hydrogen (secondary N) is 1. The molecule has 3 N–H and O–H groups in total. The largest absolute Gasteiger partial charge is 0.462 e. The Morgan fingerprint density at radius 2 is 1.95 bits per heavy atom. The van der Waals surface area contributed by atoms with E-state index in [0.717, 1.165) is 35.3 Å². The Morgan fingerprint density at radius 1 is 1.23 bits per heavy atom. The Balaban J connectivity index is 1.53. The molecule has 3 aromatic rings. The topological polar surface area (TPSA) is 142 Å². The van der Waals surface area contributed by atoms with Crippen LogP contribution in [0.15, 0.2) is 29.3 Å². The summed E-state index contributed by atoms with van der Waals surface area (Å²) in [6.07, 6.45) is 2.79. The van der Waals surface area contributed by atoms with Gasteiger partial charge in [-0.25, -0.2) is 9.78 Å². The minimum absolute atomic E-state index is 0.0384. The number of nitriles is 2. The molecule has 1 aliphatic carbocycles. The number of aryl methyl sites for hydroxylation is 1. The fraction of sp³-hybridized carbons (Fsp3) is 0.345. The number of pyridine rings is 1. The molecule has 1 aliphatic rings. The zero-order valence-corrected chi connectivity index (χ0v) is 23.7. The molecule has 0 radical (unpaired) electrons. The number of ether oxygens (including phenoxy) is 1. The smallest absolute Gasteiger partial charge is 0.341 e. The number of thioether (sulfide) groups is 1. The summed E-state index contributed by atoms with van der Waals surface area (Å²) in [4.78, 5) is 31.1. The van der Waals surface area contributed by atoms with Gasteiger partial charge in [0.25, 0.3) is 0 Å². The number of amides is 1. The number of fused-ring (bicyclic) bond motifs is 1. The number of carbonyl (C=O) groups excluding carboxylic acids is 2. The first-order valence-electron chi connectivity index (χ1n) is 12.7. The van der Waals surface area contributed by atoms with Crippen molar-refractivity contribution in [3.63, 3.8) is 0 Å². The van der Waals surface area contributed by atoms with Gasteiger partial charge < -0.3 is 15.8 Å². The minimum atomic E-state index is -0.409. The molecule has 39 heavy (non-hydrogen) atoms. The van der Waals surface area contributed by atoms with E-state index in [-0.39, 0.29) is 35.9 Å². The van der Waals surface area contributed by atoms with Crippen LogP contribution in [-0.4, -0.2) is 29.2 Å². The average molecular weight is 560 g/mol. The van der Waals surface area contributed by atoms with Gasteiger partial charge >= 0.3 is 5.97 Å². The first-order chi connectivity index (χ1) is 18.8. The number of hydrogen-bond acceptors (Lipinski definition) is 9. The lowest BCUT2D eigenvalue weighted by Gasteiger charge is -2.18. The number of carbonyl (C=O) groups is 2. The molecule has 200 valence electrons. The van der Waals surface area contributed by atoms with Crippen molar-refractivity contribution in [2.24, 2.45) is 5.92 Å². The van der Waals surface area contributed by atoms with E-state index >= 15 is 0 Å². The van der Waals surface area contributed by atoms with Crippen LogP contribution in [-0.2, 0) is 22.4 Å². The molecule has 1 aromatic carbocycles. The number of anilines is 2. The van der Waals surface area contributed by atoms with Crippen LogP contribution in [0.25, 0.3) is 11.1 Å². The molecule has 2 aromatic heterocycles. The van der Waals surface area contributed by atoms with Crippen LogP contribution in [0.1, 0.15) is 64.2 Å². The van der Waals surface area contributed by atoms with E-state index in [1.165, 1.54) is 23.1 Å². The molecule has 1 atom stereocenters. The van der Waals surface area contributed by atoms with Crippen LogP contribution >= 0.6 is 23.1 Å². The van der Waals surface area contributed by atoms with Crippen LogP contribution in [0.2, 0.25) is 0 Å². The first kappa shape index (κ1) is 28.2. The highest BCUT2D eigenvalue weighted by atomic mass is 32.2. The lowest BCUT2D eigenvalue weighted by molar-refractivity contribution is -0.115. The van der Waals surface area contributed by atoms with Crippen molar-refractivity contribution < 1.29 is 14.3 Å². The summed E-state index contributed by atoms with van der Waals surface area (Å²) >= 11 is 2.68. The second-order valence-electron chi connectivity index (χ2n) is 9.44. The molecule has 1 amide bonds. The normalized spacial score (nSPS) is 14.1. The molecule has 4 rings (SSSR count). The molecular formula is C29H29N5O3S2. The molecule has 2 heterocycles. The second kappa shape index (κ2) is 12.3. The van der Waals surface area contributed by atoms with Gasteiger partial charge in [-0.15, -0.1) is 23.1 Å². The molecule has 0 bridgehead atoms. The van der Waals surface area contributed by atoms with E-state index in [1.54, 1.807) is 6.92 Å². The average Bonchev–Trinajstić information content (AvgIpc) is 3.25. The number of hydrogen-bond donors (Lipinski definition) is 2. The molecule has 1 unspecified atom stereocenters. The van der Waals surface area contributed by atoms with Crippen LogP contribution in [0.3, 0.4) is 0 Å². The Hall–Kier alpha value is -3.86. The Labute approximate surface area is 236 Å². The van der Waals surface area contributed by atoms with Crippen molar-refractivity contribution in [2.75, 3.05) is 23.4 Å². The quantitative estimate of drug-likeness (QED) is 0.258. The monoisotopic (exact) mass is 559 g/mol. The highest BCUT2D eigenvalue weighted by Gasteiger charge is 2.29. The van der Waals surface area contributed by atoms with E-state index in [9.17, 15) is 20.1 Å². The standard InChI is InChI=1S/C29H29N5O3S2/c1-4-37-29(36)25-19-10-7-17(3)13-22(19)39-28(25)33-23(35)11-12-38-27-21(15-31)24(20(14-30)26(32)34-27)18-8-5-16(2)6-9-18/h5-6,8-9,17H,4,7,10-13H2,1-3H3,(H2,32,34)(H,33,35). The number of nitrogens with zero attached hydrogens (tertiary/aromatic N) is 3. The number of nitrogens with two attached hydrogens (primary N) is 1. The van der Waals surface area contributed by atoms with Crippen LogP contribution in [0.5, 0.6) is 0 Å². The molecule has 0 spiro atoms. The molecule has 0 saturated heterocycles. The minimum Gasteiger partial charge on any atom is -0.462 e. The number of benzene rings is 1. The number of nitrogen functional groups attached to an aromatic ring is 1. The van der Waals surface area contributed by atoms with Crippen molar-refractivity contribution in [3.05, 3.63) is 57.0 Å². The first-order valence-corrected chi connectivity index (χ1v) is 14.5. The molecule has 10 heteroatoms. The predicted octanol–water partition coefficient (Wildman–Crippen LogP) is 5.87. The van der Waals surface area contributed by atoms with Gasteiger partial charge in [-0.3, -0.25) is 4.79 Å². The van der Waals surface area contributed by atoms with Gasteiger partial charge in [0, 0.05) is 22.6 Å². The lowest BCUT2D eigenvalue weighted by atomic mass is 9.88. The Kier molecular flexibility index (Phi) is 8.90. The summed E-state index contributed by atoms with van der Waals surface area (Å²) < 4.78 is 5.29.